The zero-order valence-corrected chi connectivity index (χ0v) is 16.6. The van der Waals surface area contributed by atoms with Crippen LogP contribution in [0.4, 0.5) is 5.69 Å². The Morgan fingerprint density at radius 2 is 1.72 bits per heavy atom. The number of ether oxygens (including phenoxy) is 1. The predicted octanol–water partition coefficient (Wildman–Crippen LogP) is 2.65. The first-order chi connectivity index (χ1) is 13.9. The predicted molar refractivity (Wildman–Crippen MR) is 112 cm³/mol. The van der Waals surface area contributed by atoms with Gasteiger partial charge in [0.2, 0.25) is 5.91 Å². The average molecular weight is 393 g/mol. The van der Waals surface area contributed by atoms with Gasteiger partial charge in [0, 0.05) is 23.8 Å². The van der Waals surface area contributed by atoms with Gasteiger partial charge in [-0.15, -0.1) is 0 Å². The normalized spacial score (nSPS) is 10.6. The molecule has 0 bridgehead atoms. The number of aromatic nitrogens is 2. The van der Waals surface area contributed by atoms with Crippen LogP contribution in [0.3, 0.4) is 0 Å². The van der Waals surface area contributed by atoms with Crippen molar-refractivity contribution in [3.8, 4) is 11.4 Å². The van der Waals surface area contributed by atoms with E-state index < -0.39 is 11.1 Å². The van der Waals surface area contributed by atoms with Crippen LogP contribution in [0.2, 0.25) is 0 Å². The van der Waals surface area contributed by atoms with Gasteiger partial charge in [-0.3, -0.25) is 23.5 Å². The Balaban J connectivity index is 1.80. The maximum atomic E-state index is 12.5. The molecule has 0 aliphatic rings. The number of benzene rings is 2. The number of carbonyl (C=O) groups excluding carboxylic acids is 1. The van der Waals surface area contributed by atoms with Gasteiger partial charge in [0.1, 0.15) is 12.3 Å². The zero-order valence-electron chi connectivity index (χ0n) is 16.6. The van der Waals surface area contributed by atoms with Crippen LogP contribution in [0.25, 0.3) is 5.69 Å². The topological polar surface area (TPSA) is 82.3 Å². The highest BCUT2D eigenvalue weighted by Gasteiger charge is 2.11. The summed E-state index contributed by atoms with van der Waals surface area (Å²) < 4.78 is 7.73. The van der Waals surface area contributed by atoms with Crippen LogP contribution < -0.4 is 21.2 Å². The fourth-order valence-corrected chi connectivity index (χ4v) is 2.94. The van der Waals surface area contributed by atoms with Crippen LogP contribution >= 0.6 is 0 Å². The fourth-order valence-electron chi connectivity index (χ4n) is 2.94. The van der Waals surface area contributed by atoms with Gasteiger partial charge in [-0.2, -0.15) is 0 Å². The molecule has 0 aliphatic heterocycles. The Morgan fingerprint density at radius 1 is 1.00 bits per heavy atom. The van der Waals surface area contributed by atoms with Crippen LogP contribution in [-0.4, -0.2) is 21.6 Å². The summed E-state index contributed by atoms with van der Waals surface area (Å²) in [6, 6.07) is 12.5. The van der Waals surface area contributed by atoms with Crippen molar-refractivity contribution in [1.29, 1.82) is 0 Å². The van der Waals surface area contributed by atoms with E-state index in [1.165, 1.54) is 17.0 Å². The van der Waals surface area contributed by atoms with Crippen molar-refractivity contribution in [2.24, 2.45) is 0 Å². The van der Waals surface area contributed by atoms with E-state index in [1.807, 2.05) is 32.9 Å². The molecule has 0 atom stereocenters. The molecule has 2 aromatic carbocycles. The molecule has 1 amide bonds. The maximum Gasteiger partial charge on any atom is 0.320 e. The first kappa shape index (κ1) is 20.1. The van der Waals surface area contributed by atoms with Crippen LogP contribution in [0.5, 0.6) is 5.75 Å². The molecular weight excluding hydrogens is 370 g/mol. The van der Waals surface area contributed by atoms with E-state index >= 15 is 0 Å². The average Bonchev–Trinajstić information content (AvgIpc) is 2.70. The minimum absolute atomic E-state index is 0.244. The molecule has 7 heteroatoms. The molecule has 3 rings (SSSR count). The van der Waals surface area contributed by atoms with E-state index in [9.17, 15) is 14.4 Å². The van der Waals surface area contributed by atoms with Gasteiger partial charge in [-0.05, 0) is 62.2 Å². The lowest BCUT2D eigenvalue weighted by molar-refractivity contribution is -0.116. The van der Waals surface area contributed by atoms with Gasteiger partial charge in [-0.1, -0.05) is 12.1 Å². The lowest BCUT2D eigenvalue weighted by Gasteiger charge is -2.12. The van der Waals surface area contributed by atoms with Gasteiger partial charge in [-0.25, -0.2) is 0 Å². The molecule has 150 valence electrons. The molecule has 0 unspecified atom stereocenters. The molecule has 0 fully saturated rings. The largest absolute Gasteiger partial charge is 0.494 e. The Hall–Kier alpha value is -3.61. The van der Waals surface area contributed by atoms with Crippen molar-refractivity contribution in [3.05, 3.63) is 86.7 Å². The number of carbonyl (C=O) groups is 1. The third-order valence-corrected chi connectivity index (χ3v) is 4.68. The summed E-state index contributed by atoms with van der Waals surface area (Å²) in [5.41, 5.74) is 1.75. The molecule has 1 aromatic heterocycles. The maximum absolute atomic E-state index is 12.5. The van der Waals surface area contributed by atoms with Crippen LogP contribution in [0.1, 0.15) is 18.1 Å². The lowest BCUT2D eigenvalue weighted by atomic mass is 10.1. The summed E-state index contributed by atoms with van der Waals surface area (Å²) in [6.07, 6.45) is 2.91. The van der Waals surface area contributed by atoms with Crippen LogP contribution in [-0.2, 0) is 11.3 Å². The third kappa shape index (κ3) is 4.45. The second-order valence-corrected chi connectivity index (χ2v) is 6.63. The summed E-state index contributed by atoms with van der Waals surface area (Å²) in [7, 11) is 0. The molecule has 1 N–H and O–H groups in total. The minimum Gasteiger partial charge on any atom is -0.494 e. The van der Waals surface area contributed by atoms with Crippen molar-refractivity contribution >= 4 is 11.6 Å². The molecule has 7 nitrogen and oxygen atoms in total. The number of hydrogen-bond acceptors (Lipinski definition) is 4. The van der Waals surface area contributed by atoms with Gasteiger partial charge >= 0.3 is 11.1 Å². The summed E-state index contributed by atoms with van der Waals surface area (Å²) >= 11 is 0. The molecule has 0 spiro atoms. The Bertz CT molecular complexity index is 1140. The number of rotatable bonds is 6. The van der Waals surface area contributed by atoms with Crippen molar-refractivity contribution in [2.75, 3.05) is 11.9 Å². The van der Waals surface area contributed by atoms with Gasteiger partial charge in [0.05, 0.1) is 6.61 Å². The lowest BCUT2D eigenvalue weighted by Crippen LogP contribution is -2.41. The first-order valence-corrected chi connectivity index (χ1v) is 9.32. The molecule has 0 aliphatic carbocycles. The monoisotopic (exact) mass is 393 g/mol. The highest BCUT2D eigenvalue weighted by atomic mass is 16.5. The van der Waals surface area contributed by atoms with E-state index in [4.69, 9.17) is 4.74 Å². The van der Waals surface area contributed by atoms with E-state index in [1.54, 1.807) is 30.3 Å². The second kappa shape index (κ2) is 8.60. The standard InChI is InChI=1S/C22H23N3O4/c1-4-29-18-10-8-17(9-11-18)25-13-12-24(21(27)22(25)28)14-20(26)23-19-7-5-6-15(2)16(19)3/h5-13H,4,14H2,1-3H3,(H,23,26). The van der Waals surface area contributed by atoms with Crippen LogP contribution in [0, 0.1) is 13.8 Å². The quantitative estimate of drug-likeness (QED) is 0.653. The second-order valence-electron chi connectivity index (χ2n) is 6.63. The summed E-state index contributed by atoms with van der Waals surface area (Å²) in [5, 5.41) is 2.79. The zero-order chi connectivity index (χ0) is 21.0. The molecule has 1 heterocycles. The number of anilines is 1. The van der Waals surface area contributed by atoms with E-state index in [2.05, 4.69) is 5.32 Å². The molecule has 3 aromatic rings. The highest BCUT2D eigenvalue weighted by molar-refractivity contribution is 5.91. The molecule has 29 heavy (non-hydrogen) atoms. The van der Waals surface area contributed by atoms with Gasteiger partial charge in [0.15, 0.2) is 0 Å². The van der Waals surface area contributed by atoms with Gasteiger partial charge in [0.25, 0.3) is 0 Å². The van der Waals surface area contributed by atoms with E-state index in [-0.39, 0.29) is 12.5 Å². The van der Waals surface area contributed by atoms with Gasteiger partial charge < -0.3 is 10.1 Å². The first-order valence-electron chi connectivity index (χ1n) is 9.32. The number of amides is 1. The number of aryl methyl sites for hydroxylation is 1. The number of nitrogens with zero attached hydrogens (tertiary/aromatic N) is 2. The smallest absolute Gasteiger partial charge is 0.320 e. The van der Waals surface area contributed by atoms with Crippen molar-refractivity contribution in [1.82, 2.24) is 9.13 Å². The summed E-state index contributed by atoms with van der Waals surface area (Å²) in [4.78, 5) is 37.3. The molecule has 0 saturated heterocycles. The Kier molecular flexibility index (Phi) is 5.97. The highest BCUT2D eigenvalue weighted by Crippen LogP contribution is 2.18. The Morgan fingerprint density at radius 3 is 2.41 bits per heavy atom. The number of nitrogens with one attached hydrogen (secondary N) is 1. The SMILES string of the molecule is CCOc1ccc(-n2ccn(CC(=O)Nc3cccc(C)c3C)c(=O)c2=O)cc1. The molecule has 0 radical (unpaired) electrons. The summed E-state index contributed by atoms with van der Waals surface area (Å²) in [6.45, 7) is 6.05. The van der Waals surface area contributed by atoms with Crippen molar-refractivity contribution in [2.45, 2.75) is 27.3 Å². The fraction of sp³-hybridized carbons (Fsp3) is 0.227. The molecule has 0 saturated carbocycles. The van der Waals surface area contributed by atoms with E-state index in [0.717, 1.165) is 15.7 Å². The number of hydrogen-bond donors (Lipinski definition) is 1. The van der Waals surface area contributed by atoms with Crippen molar-refractivity contribution < 1.29 is 9.53 Å². The van der Waals surface area contributed by atoms with E-state index in [0.29, 0.717) is 23.7 Å². The Labute approximate surface area is 168 Å². The summed E-state index contributed by atoms with van der Waals surface area (Å²) in [5.74, 6) is 0.305. The molecular formula is C22H23N3O4. The van der Waals surface area contributed by atoms with Crippen molar-refractivity contribution in [3.63, 3.8) is 0 Å². The minimum atomic E-state index is -0.766. The third-order valence-electron chi connectivity index (χ3n) is 4.68. The van der Waals surface area contributed by atoms with Crippen LogP contribution in [0.15, 0.2) is 64.4 Å².